The summed E-state index contributed by atoms with van der Waals surface area (Å²) in [7, 11) is 0. The fourth-order valence-electron chi connectivity index (χ4n) is 7.69. The Morgan fingerprint density at radius 1 is 0.286 bits per heavy atom. The van der Waals surface area contributed by atoms with E-state index in [0.717, 1.165) is 28.1 Å². The molecule has 0 unspecified atom stereocenters. The molecular weight excluding hydrogens is 591 g/mol. The summed E-state index contributed by atoms with van der Waals surface area (Å²) in [6, 6.07) is 72.2. The van der Waals surface area contributed by atoms with E-state index in [9.17, 15) is 0 Å². The molecule has 0 spiro atoms. The van der Waals surface area contributed by atoms with Gasteiger partial charge in [0.05, 0.1) is 16.8 Å². The quantitative estimate of drug-likeness (QED) is 0.180. The monoisotopic (exact) mass is 623 g/mol. The third-order valence-electron chi connectivity index (χ3n) is 9.97. The standard InChI is InChI=1S/C48H33N/c1-5-15-34(16-6-1)39-32-46(36-17-7-2-8-18-36)49-47(33-39)37-27-25-35(26-28-37)38-29-30-45-43(31-38)42-23-13-14-24-44(42)48(45,40-19-9-3-10-20-40)41-21-11-4-12-22-41/h1-33H. The van der Waals surface area contributed by atoms with E-state index in [2.05, 4.69) is 194 Å². The molecule has 8 aromatic rings. The summed E-state index contributed by atoms with van der Waals surface area (Å²) in [5.41, 5.74) is 16.3. The zero-order valence-electron chi connectivity index (χ0n) is 27.0. The van der Waals surface area contributed by atoms with Crippen molar-refractivity contribution >= 4 is 0 Å². The lowest BCUT2D eigenvalue weighted by Gasteiger charge is -2.33. The number of hydrogen-bond donors (Lipinski definition) is 0. The van der Waals surface area contributed by atoms with Gasteiger partial charge in [0.25, 0.3) is 0 Å². The number of fused-ring (bicyclic) bond motifs is 3. The average molecular weight is 624 g/mol. The summed E-state index contributed by atoms with van der Waals surface area (Å²) in [6.07, 6.45) is 0. The Balaban J connectivity index is 1.15. The predicted molar refractivity (Wildman–Crippen MR) is 203 cm³/mol. The number of nitrogens with zero attached hydrogens (tertiary/aromatic N) is 1. The maximum absolute atomic E-state index is 5.15. The second-order valence-electron chi connectivity index (χ2n) is 12.7. The van der Waals surface area contributed by atoms with E-state index in [1.165, 1.54) is 50.1 Å². The second-order valence-corrected chi connectivity index (χ2v) is 12.7. The lowest BCUT2D eigenvalue weighted by molar-refractivity contribution is 0.768. The van der Waals surface area contributed by atoms with Gasteiger partial charge in [-0.2, -0.15) is 0 Å². The van der Waals surface area contributed by atoms with E-state index in [1.807, 2.05) is 6.07 Å². The largest absolute Gasteiger partial charge is 0.248 e. The maximum Gasteiger partial charge on any atom is 0.0715 e. The molecule has 1 heteroatoms. The highest BCUT2D eigenvalue weighted by molar-refractivity contribution is 5.89. The van der Waals surface area contributed by atoms with Crippen molar-refractivity contribution in [1.82, 2.24) is 4.98 Å². The van der Waals surface area contributed by atoms with Gasteiger partial charge in [-0.1, -0.05) is 182 Å². The van der Waals surface area contributed by atoms with Crippen LogP contribution in [0.5, 0.6) is 0 Å². The number of hydrogen-bond acceptors (Lipinski definition) is 1. The molecule has 0 aliphatic heterocycles. The van der Waals surface area contributed by atoms with Crippen LogP contribution in [-0.2, 0) is 5.41 Å². The first kappa shape index (κ1) is 28.9. The molecule has 0 N–H and O–H groups in total. The summed E-state index contributed by atoms with van der Waals surface area (Å²) in [5.74, 6) is 0. The molecular formula is C48H33N. The van der Waals surface area contributed by atoms with Crippen molar-refractivity contribution in [2.75, 3.05) is 0 Å². The molecule has 1 aliphatic rings. The van der Waals surface area contributed by atoms with E-state index in [0.29, 0.717) is 0 Å². The van der Waals surface area contributed by atoms with Crippen molar-refractivity contribution in [2.24, 2.45) is 0 Å². The van der Waals surface area contributed by atoms with Gasteiger partial charge < -0.3 is 0 Å². The van der Waals surface area contributed by atoms with E-state index < -0.39 is 0 Å². The third-order valence-corrected chi connectivity index (χ3v) is 9.97. The third kappa shape index (κ3) is 4.91. The van der Waals surface area contributed by atoms with Gasteiger partial charge in [-0.05, 0) is 73.8 Å². The van der Waals surface area contributed by atoms with Crippen LogP contribution in [0, 0.1) is 0 Å². The molecule has 0 fully saturated rings. The van der Waals surface area contributed by atoms with E-state index in [-0.39, 0.29) is 5.41 Å². The second kappa shape index (κ2) is 12.0. The van der Waals surface area contributed by atoms with Crippen LogP contribution in [0.25, 0.3) is 55.9 Å². The molecule has 1 heterocycles. The van der Waals surface area contributed by atoms with Crippen LogP contribution in [0.15, 0.2) is 200 Å². The first-order valence-corrected chi connectivity index (χ1v) is 16.9. The van der Waals surface area contributed by atoms with Gasteiger partial charge in [-0.25, -0.2) is 4.98 Å². The summed E-state index contributed by atoms with van der Waals surface area (Å²) in [6.45, 7) is 0. The zero-order valence-corrected chi connectivity index (χ0v) is 27.0. The van der Waals surface area contributed by atoms with E-state index >= 15 is 0 Å². The van der Waals surface area contributed by atoms with Crippen molar-refractivity contribution in [3.8, 4) is 55.9 Å². The van der Waals surface area contributed by atoms with Crippen molar-refractivity contribution in [3.05, 3.63) is 222 Å². The lowest BCUT2D eigenvalue weighted by Crippen LogP contribution is -2.28. The maximum atomic E-state index is 5.15. The molecule has 0 radical (unpaired) electrons. The Labute approximate surface area is 287 Å². The van der Waals surface area contributed by atoms with E-state index in [4.69, 9.17) is 4.98 Å². The Morgan fingerprint density at radius 2 is 0.714 bits per heavy atom. The Bertz CT molecular complexity index is 2300. The van der Waals surface area contributed by atoms with Crippen LogP contribution < -0.4 is 0 Å². The minimum atomic E-state index is -0.386. The Morgan fingerprint density at radius 3 is 1.33 bits per heavy atom. The number of pyridine rings is 1. The fraction of sp³-hybridized carbons (Fsp3) is 0.0208. The van der Waals surface area contributed by atoms with Crippen molar-refractivity contribution in [3.63, 3.8) is 0 Å². The minimum absolute atomic E-state index is 0.386. The molecule has 0 bridgehead atoms. The fourth-order valence-corrected chi connectivity index (χ4v) is 7.69. The van der Waals surface area contributed by atoms with Crippen LogP contribution in [0.1, 0.15) is 22.3 Å². The Kier molecular flexibility index (Phi) is 7.10. The first-order chi connectivity index (χ1) is 24.3. The van der Waals surface area contributed by atoms with Gasteiger partial charge in [-0.3, -0.25) is 0 Å². The minimum Gasteiger partial charge on any atom is -0.248 e. The summed E-state index contributed by atoms with van der Waals surface area (Å²) in [5, 5.41) is 0. The molecule has 0 saturated heterocycles. The SMILES string of the molecule is c1ccc(-c2cc(-c3ccccc3)nc(-c3ccc(-c4ccc5c(c4)-c4ccccc4C5(c4ccccc4)c4ccccc4)cc3)c2)cc1. The van der Waals surface area contributed by atoms with Crippen LogP contribution in [0.2, 0.25) is 0 Å². The highest BCUT2D eigenvalue weighted by atomic mass is 14.7. The van der Waals surface area contributed by atoms with Crippen LogP contribution in [0.4, 0.5) is 0 Å². The van der Waals surface area contributed by atoms with Crippen molar-refractivity contribution in [1.29, 1.82) is 0 Å². The normalized spacial score (nSPS) is 12.7. The van der Waals surface area contributed by atoms with Crippen LogP contribution in [-0.4, -0.2) is 4.98 Å². The average Bonchev–Trinajstić information content (AvgIpc) is 3.49. The Hall–Kier alpha value is -6.31. The van der Waals surface area contributed by atoms with Crippen molar-refractivity contribution in [2.45, 2.75) is 5.41 Å². The molecule has 0 atom stereocenters. The number of rotatable bonds is 6. The van der Waals surface area contributed by atoms with Crippen molar-refractivity contribution < 1.29 is 0 Å². The van der Waals surface area contributed by atoms with Crippen LogP contribution in [0.3, 0.4) is 0 Å². The molecule has 0 saturated carbocycles. The predicted octanol–water partition coefficient (Wildman–Crippen LogP) is 12.1. The highest BCUT2D eigenvalue weighted by Crippen LogP contribution is 2.56. The molecule has 230 valence electrons. The topological polar surface area (TPSA) is 12.9 Å². The number of benzene rings is 7. The molecule has 9 rings (SSSR count). The molecule has 49 heavy (non-hydrogen) atoms. The van der Waals surface area contributed by atoms with Gasteiger partial charge in [0.1, 0.15) is 0 Å². The van der Waals surface area contributed by atoms with E-state index in [1.54, 1.807) is 0 Å². The highest BCUT2D eigenvalue weighted by Gasteiger charge is 2.45. The molecule has 0 amide bonds. The summed E-state index contributed by atoms with van der Waals surface area (Å²) >= 11 is 0. The molecule has 7 aromatic carbocycles. The van der Waals surface area contributed by atoms with Gasteiger partial charge in [-0.15, -0.1) is 0 Å². The number of aromatic nitrogens is 1. The smallest absolute Gasteiger partial charge is 0.0715 e. The van der Waals surface area contributed by atoms with Gasteiger partial charge in [0.2, 0.25) is 0 Å². The van der Waals surface area contributed by atoms with Gasteiger partial charge in [0, 0.05) is 11.1 Å². The summed E-state index contributed by atoms with van der Waals surface area (Å²) in [4.78, 5) is 5.15. The van der Waals surface area contributed by atoms with Gasteiger partial charge >= 0.3 is 0 Å². The lowest BCUT2D eigenvalue weighted by atomic mass is 9.67. The summed E-state index contributed by atoms with van der Waals surface area (Å²) < 4.78 is 0. The van der Waals surface area contributed by atoms with Gasteiger partial charge in [0.15, 0.2) is 0 Å². The first-order valence-electron chi connectivity index (χ1n) is 16.9. The zero-order chi connectivity index (χ0) is 32.6. The molecule has 1 nitrogen and oxygen atoms in total. The molecule has 1 aliphatic carbocycles. The molecule has 1 aromatic heterocycles. The van der Waals surface area contributed by atoms with Crippen LogP contribution >= 0.6 is 0 Å².